The standard InChI is InChI=1S/C30H38O5/c1-18(2)7-10-22-23(31)14-20(16-25(22)34-6)9-8-19-13-21-17-26-29(3,4)27(33)11-12-30(26,5)35-28(21)24(32)15-19/h7-9,13-16,26-27,31-33H,10-12,17H2,1-6H3. The summed E-state index contributed by atoms with van der Waals surface area (Å²) in [7, 11) is 1.60. The van der Waals surface area contributed by atoms with Crippen molar-refractivity contribution >= 4 is 12.2 Å². The lowest BCUT2D eigenvalue weighted by Crippen LogP contribution is -2.58. The Morgan fingerprint density at radius 1 is 1.06 bits per heavy atom. The molecule has 0 aromatic heterocycles. The molecule has 1 aliphatic carbocycles. The van der Waals surface area contributed by atoms with Crippen LogP contribution < -0.4 is 9.47 Å². The van der Waals surface area contributed by atoms with Gasteiger partial charge in [0, 0.05) is 11.5 Å². The lowest BCUT2D eigenvalue weighted by Gasteiger charge is -2.55. The average Bonchev–Trinajstić information content (AvgIpc) is 2.79. The smallest absolute Gasteiger partial charge is 0.164 e. The van der Waals surface area contributed by atoms with E-state index in [0.29, 0.717) is 24.3 Å². The Kier molecular flexibility index (Phi) is 6.67. The first kappa shape index (κ1) is 25.2. The molecule has 3 N–H and O–H groups in total. The van der Waals surface area contributed by atoms with Gasteiger partial charge in [0.1, 0.15) is 17.1 Å². The number of aliphatic hydroxyl groups is 1. The van der Waals surface area contributed by atoms with E-state index in [1.165, 1.54) is 5.57 Å². The second-order valence-electron chi connectivity index (χ2n) is 11.1. The lowest BCUT2D eigenvalue weighted by atomic mass is 9.57. The molecule has 0 bridgehead atoms. The predicted octanol–water partition coefficient (Wildman–Crippen LogP) is 6.28. The van der Waals surface area contributed by atoms with Crippen molar-refractivity contribution in [3.8, 4) is 23.0 Å². The van der Waals surface area contributed by atoms with Crippen molar-refractivity contribution in [2.45, 2.75) is 72.0 Å². The third-order valence-electron chi connectivity index (χ3n) is 7.95. The zero-order chi connectivity index (χ0) is 25.5. The highest BCUT2D eigenvalue weighted by atomic mass is 16.5. The van der Waals surface area contributed by atoms with Crippen molar-refractivity contribution in [1.29, 1.82) is 0 Å². The number of hydrogen-bond acceptors (Lipinski definition) is 5. The number of methoxy groups -OCH3 is 1. The van der Waals surface area contributed by atoms with Crippen molar-refractivity contribution in [2.24, 2.45) is 11.3 Å². The number of hydrogen-bond donors (Lipinski definition) is 3. The Bertz CT molecular complexity index is 1170. The molecule has 1 saturated carbocycles. The van der Waals surface area contributed by atoms with Gasteiger partial charge in [-0.15, -0.1) is 0 Å². The molecule has 2 aromatic carbocycles. The van der Waals surface area contributed by atoms with E-state index in [1.54, 1.807) is 19.2 Å². The van der Waals surface area contributed by atoms with E-state index in [-0.39, 0.29) is 28.9 Å². The van der Waals surface area contributed by atoms with Crippen LogP contribution in [0.4, 0.5) is 0 Å². The average molecular weight is 479 g/mol. The second kappa shape index (κ2) is 9.27. The molecule has 35 heavy (non-hydrogen) atoms. The minimum atomic E-state index is -0.411. The van der Waals surface area contributed by atoms with Crippen LogP contribution in [-0.2, 0) is 12.8 Å². The summed E-state index contributed by atoms with van der Waals surface area (Å²) in [4.78, 5) is 0. The van der Waals surface area contributed by atoms with E-state index >= 15 is 0 Å². The van der Waals surface area contributed by atoms with E-state index < -0.39 is 5.60 Å². The maximum Gasteiger partial charge on any atom is 0.164 e. The number of allylic oxidation sites excluding steroid dienone is 2. The summed E-state index contributed by atoms with van der Waals surface area (Å²) in [5, 5.41) is 32.1. The molecule has 4 rings (SSSR count). The normalized spacial score (nSPS) is 24.9. The van der Waals surface area contributed by atoms with Crippen molar-refractivity contribution in [1.82, 2.24) is 0 Å². The summed E-state index contributed by atoms with van der Waals surface area (Å²) in [6.45, 7) is 10.4. The van der Waals surface area contributed by atoms with Crippen LogP contribution in [0, 0.1) is 11.3 Å². The van der Waals surface area contributed by atoms with E-state index in [1.807, 2.05) is 38.1 Å². The Labute approximate surface area is 208 Å². The molecular formula is C30H38O5. The molecule has 2 aromatic rings. The number of benzene rings is 2. The van der Waals surface area contributed by atoms with E-state index in [0.717, 1.165) is 35.1 Å². The fourth-order valence-corrected chi connectivity index (χ4v) is 5.74. The van der Waals surface area contributed by atoms with Gasteiger partial charge in [-0.3, -0.25) is 0 Å². The van der Waals surface area contributed by atoms with E-state index in [4.69, 9.17) is 9.47 Å². The third-order valence-corrected chi connectivity index (χ3v) is 7.95. The van der Waals surface area contributed by atoms with Gasteiger partial charge in [-0.2, -0.15) is 0 Å². The Hall–Kier alpha value is -2.92. The molecule has 0 spiro atoms. The predicted molar refractivity (Wildman–Crippen MR) is 140 cm³/mol. The Balaban J connectivity index is 1.64. The van der Waals surface area contributed by atoms with E-state index in [2.05, 4.69) is 26.8 Å². The molecule has 1 aliphatic heterocycles. The quantitative estimate of drug-likeness (QED) is 0.348. The van der Waals surface area contributed by atoms with Crippen molar-refractivity contribution in [3.63, 3.8) is 0 Å². The van der Waals surface area contributed by atoms with Crippen LogP contribution in [0.15, 0.2) is 35.9 Å². The summed E-state index contributed by atoms with van der Waals surface area (Å²) in [6.07, 6.45) is 8.30. The summed E-state index contributed by atoms with van der Waals surface area (Å²) >= 11 is 0. The van der Waals surface area contributed by atoms with Crippen LogP contribution in [0.1, 0.15) is 69.7 Å². The maximum atomic E-state index is 10.8. The molecule has 0 amide bonds. The molecule has 5 nitrogen and oxygen atoms in total. The van der Waals surface area contributed by atoms with Gasteiger partial charge < -0.3 is 24.8 Å². The zero-order valence-corrected chi connectivity index (χ0v) is 21.7. The van der Waals surface area contributed by atoms with Gasteiger partial charge in [-0.05, 0) is 92.8 Å². The number of phenols is 2. The molecular weight excluding hydrogens is 440 g/mol. The van der Waals surface area contributed by atoms with Gasteiger partial charge in [0.15, 0.2) is 11.5 Å². The minimum absolute atomic E-state index is 0.128. The molecule has 3 unspecified atom stereocenters. The first-order valence-electron chi connectivity index (χ1n) is 12.4. The van der Waals surface area contributed by atoms with Gasteiger partial charge in [0.05, 0.1) is 13.2 Å². The SMILES string of the molecule is COc1cc(C=Cc2cc(O)c3c(c2)CC2C(C)(CCC(O)C2(C)C)O3)cc(O)c1CC=C(C)C. The van der Waals surface area contributed by atoms with Gasteiger partial charge >= 0.3 is 0 Å². The highest BCUT2D eigenvalue weighted by molar-refractivity contribution is 5.73. The molecule has 0 saturated heterocycles. The van der Waals surface area contributed by atoms with Crippen LogP contribution in [0.5, 0.6) is 23.0 Å². The summed E-state index contributed by atoms with van der Waals surface area (Å²) < 4.78 is 11.9. The fraction of sp³-hybridized carbons (Fsp3) is 0.467. The van der Waals surface area contributed by atoms with Gasteiger partial charge in [0.2, 0.25) is 0 Å². The monoisotopic (exact) mass is 478 g/mol. The first-order valence-corrected chi connectivity index (χ1v) is 12.4. The number of fused-ring (bicyclic) bond motifs is 2. The molecule has 188 valence electrons. The highest BCUT2D eigenvalue weighted by Gasteiger charge is 2.54. The largest absolute Gasteiger partial charge is 0.507 e. The van der Waals surface area contributed by atoms with Gasteiger partial charge in [0.25, 0.3) is 0 Å². The molecule has 3 atom stereocenters. The van der Waals surface area contributed by atoms with Crippen LogP contribution in [-0.4, -0.2) is 34.1 Å². The lowest BCUT2D eigenvalue weighted by molar-refractivity contribution is -0.138. The highest BCUT2D eigenvalue weighted by Crippen LogP contribution is 2.54. The molecule has 2 aliphatic rings. The molecule has 0 radical (unpaired) electrons. The van der Waals surface area contributed by atoms with Crippen molar-refractivity contribution in [3.05, 3.63) is 58.2 Å². The number of ether oxygens (including phenoxy) is 2. The summed E-state index contributed by atoms with van der Waals surface area (Å²) in [5.74, 6) is 1.65. The van der Waals surface area contributed by atoms with Crippen molar-refractivity contribution < 1.29 is 24.8 Å². The number of rotatable bonds is 5. The van der Waals surface area contributed by atoms with Crippen LogP contribution in [0.25, 0.3) is 12.2 Å². The van der Waals surface area contributed by atoms with Gasteiger partial charge in [-0.25, -0.2) is 0 Å². The Morgan fingerprint density at radius 2 is 1.71 bits per heavy atom. The Morgan fingerprint density at radius 3 is 2.37 bits per heavy atom. The van der Waals surface area contributed by atoms with Crippen LogP contribution in [0.3, 0.4) is 0 Å². The molecule has 5 heteroatoms. The maximum absolute atomic E-state index is 10.8. The second-order valence-corrected chi connectivity index (χ2v) is 11.1. The number of phenolic OH excluding ortho intramolecular Hbond substituents is 2. The third kappa shape index (κ3) is 4.79. The molecule has 1 heterocycles. The molecule has 1 fully saturated rings. The summed E-state index contributed by atoms with van der Waals surface area (Å²) in [5.41, 5.74) is 3.84. The minimum Gasteiger partial charge on any atom is -0.507 e. The zero-order valence-electron chi connectivity index (χ0n) is 21.7. The topological polar surface area (TPSA) is 79.2 Å². The van der Waals surface area contributed by atoms with E-state index in [9.17, 15) is 15.3 Å². The van der Waals surface area contributed by atoms with Crippen LogP contribution >= 0.6 is 0 Å². The number of aliphatic hydroxyl groups excluding tert-OH is 1. The fourth-order valence-electron chi connectivity index (χ4n) is 5.74. The van der Waals surface area contributed by atoms with Crippen LogP contribution in [0.2, 0.25) is 0 Å². The number of aromatic hydroxyl groups is 2. The van der Waals surface area contributed by atoms with Gasteiger partial charge in [-0.1, -0.05) is 37.6 Å². The summed E-state index contributed by atoms with van der Waals surface area (Å²) in [6, 6.07) is 7.39. The van der Waals surface area contributed by atoms with Crippen molar-refractivity contribution in [2.75, 3.05) is 7.11 Å². The first-order chi connectivity index (χ1) is 16.4.